The van der Waals surface area contributed by atoms with Gasteiger partial charge in [0.1, 0.15) is 0 Å². The highest BCUT2D eigenvalue weighted by atomic mass is 32.2. The molecule has 0 saturated heterocycles. The van der Waals surface area contributed by atoms with Crippen LogP contribution in [0, 0.1) is 19.8 Å². The summed E-state index contributed by atoms with van der Waals surface area (Å²) in [5, 5.41) is 12.4. The molecule has 29 heavy (non-hydrogen) atoms. The van der Waals surface area contributed by atoms with Crippen LogP contribution in [0.15, 0.2) is 46.2 Å². The van der Waals surface area contributed by atoms with E-state index in [1.165, 1.54) is 22.9 Å². The third kappa shape index (κ3) is 5.29. The Kier molecular flexibility index (Phi) is 6.79. The third-order valence-electron chi connectivity index (χ3n) is 4.75. The Balaban J connectivity index is 1.66. The van der Waals surface area contributed by atoms with Gasteiger partial charge in [-0.1, -0.05) is 43.8 Å². The Hall–Kier alpha value is -2.54. The summed E-state index contributed by atoms with van der Waals surface area (Å²) < 4.78 is 7.51. The first-order valence-corrected chi connectivity index (χ1v) is 10.8. The van der Waals surface area contributed by atoms with Crippen molar-refractivity contribution in [2.75, 3.05) is 5.75 Å². The molecule has 2 aromatic heterocycles. The molecule has 0 aliphatic carbocycles. The smallest absolute Gasteiger partial charge is 0.230 e. The minimum absolute atomic E-state index is 0.0284. The molecule has 1 aromatic carbocycles. The van der Waals surface area contributed by atoms with Crippen LogP contribution in [-0.4, -0.2) is 26.4 Å². The molecular weight excluding hydrogens is 384 g/mol. The highest BCUT2D eigenvalue weighted by Gasteiger charge is 2.19. The van der Waals surface area contributed by atoms with E-state index in [2.05, 4.69) is 61.4 Å². The summed E-state index contributed by atoms with van der Waals surface area (Å²) in [4.78, 5) is 12.5. The van der Waals surface area contributed by atoms with E-state index < -0.39 is 0 Å². The minimum atomic E-state index is -0.0467. The normalized spacial score (nSPS) is 12.3. The maximum Gasteiger partial charge on any atom is 0.230 e. The SMILES string of the molecule is Cc1ccc(C(C)NC(=O)CSc2nnc(-c3ccco3)n2CC(C)C)cc1C. The monoisotopic (exact) mass is 412 g/mol. The van der Waals surface area contributed by atoms with Crippen molar-refractivity contribution in [2.45, 2.75) is 52.4 Å². The topological polar surface area (TPSA) is 73.0 Å². The van der Waals surface area contributed by atoms with Crippen LogP contribution in [0.1, 0.15) is 43.5 Å². The number of hydrogen-bond acceptors (Lipinski definition) is 5. The molecule has 0 aliphatic rings. The summed E-state index contributed by atoms with van der Waals surface area (Å²) in [7, 11) is 0. The number of aryl methyl sites for hydroxylation is 2. The van der Waals surface area contributed by atoms with Crippen molar-refractivity contribution in [3.05, 3.63) is 53.3 Å². The molecule has 1 amide bonds. The maximum atomic E-state index is 12.5. The predicted octanol–water partition coefficient (Wildman–Crippen LogP) is 4.78. The summed E-state index contributed by atoms with van der Waals surface area (Å²) in [6.07, 6.45) is 1.62. The molecule has 0 saturated carbocycles. The van der Waals surface area contributed by atoms with Gasteiger partial charge < -0.3 is 9.73 Å². The molecule has 0 fully saturated rings. The molecule has 7 heteroatoms. The van der Waals surface area contributed by atoms with Gasteiger partial charge in [-0.3, -0.25) is 9.36 Å². The van der Waals surface area contributed by atoms with Crippen LogP contribution >= 0.6 is 11.8 Å². The minimum Gasteiger partial charge on any atom is -0.461 e. The van der Waals surface area contributed by atoms with Crippen molar-refractivity contribution in [3.63, 3.8) is 0 Å². The van der Waals surface area contributed by atoms with Gasteiger partial charge in [-0.05, 0) is 55.5 Å². The van der Waals surface area contributed by atoms with Crippen molar-refractivity contribution < 1.29 is 9.21 Å². The van der Waals surface area contributed by atoms with Crippen molar-refractivity contribution in [2.24, 2.45) is 5.92 Å². The van der Waals surface area contributed by atoms with Crippen molar-refractivity contribution in [1.82, 2.24) is 20.1 Å². The number of benzene rings is 1. The standard InChI is InChI=1S/C22H28N4O2S/c1-14(2)12-26-21(19-7-6-10-28-19)24-25-22(26)29-13-20(27)23-17(5)18-9-8-15(3)16(4)11-18/h6-11,14,17H,12-13H2,1-5H3,(H,23,27). The number of furan rings is 1. The van der Waals surface area contributed by atoms with Gasteiger partial charge in [0.2, 0.25) is 5.91 Å². The number of nitrogens with zero attached hydrogens (tertiary/aromatic N) is 3. The van der Waals surface area contributed by atoms with Crippen LogP contribution < -0.4 is 5.32 Å². The Bertz CT molecular complexity index is 963. The van der Waals surface area contributed by atoms with Crippen LogP contribution in [0.4, 0.5) is 0 Å². The Morgan fingerprint density at radius 1 is 1.17 bits per heavy atom. The molecule has 3 rings (SSSR count). The molecule has 1 atom stereocenters. The average Bonchev–Trinajstić information content (AvgIpc) is 3.31. The van der Waals surface area contributed by atoms with Crippen molar-refractivity contribution in [3.8, 4) is 11.6 Å². The summed E-state index contributed by atoms with van der Waals surface area (Å²) in [5.74, 6) is 2.04. The highest BCUT2D eigenvalue weighted by molar-refractivity contribution is 7.99. The van der Waals surface area contributed by atoms with E-state index in [4.69, 9.17) is 4.42 Å². The van der Waals surface area contributed by atoms with E-state index in [0.717, 1.165) is 17.3 Å². The molecular formula is C22H28N4O2S. The molecule has 1 unspecified atom stereocenters. The molecule has 2 heterocycles. The van der Waals surface area contributed by atoms with Gasteiger partial charge in [0.15, 0.2) is 16.7 Å². The number of aromatic nitrogens is 3. The van der Waals surface area contributed by atoms with Gasteiger partial charge in [-0.15, -0.1) is 10.2 Å². The van der Waals surface area contributed by atoms with E-state index in [1.54, 1.807) is 6.26 Å². The zero-order valence-electron chi connectivity index (χ0n) is 17.6. The molecule has 1 N–H and O–H groups in total. The number of carbonyl (C=O) groups is 1. The summed E-state index contributed by atoms with van der Waals surface area (Å²) in [6, 6.07) is 9.94. The zero-order valence-corrected chi connectivity index (χ0v) is 18.4. The molecule has 0 bridgehead atoms. The first-order chi connectivity index (χ1) is 13.8. The van der Waals surface area contributed by atoms with Crippen LogP contribution in [0.25, 0.3) is 11.6 Å². The Labute approximate surface area is 176 Å². The molecule has 0 radical (unpaired) electrons. The van der Waals surface area contributed by atoms with E-state index in [0.29, 0.717) is 17.5 Å². The lowest BCUT2D eigenvalue weighted by Gasteiger charge is -2.16. The fraction of sp³-hybridized carbons (Fsp3) is 0.409. The first-order valence-electron chi connectivity index (χ1n) is 9.81. The predicted molar refractivity (Wildman–Crippen MR) is 116 cm³/mol. The number of hydrogen-bond donors (Lipinski definition) is 1. The second-order valence-corrected chi connectivity index (χ2v) is 8.65. The number of rotatable bonds is 8. The zero-order chi connectivity index (χ0) is 21.0. The summed E-state index contributed by atoms with van der Waals surface area (Å²) >= 11 is 1.39. The lowest BCUT2D eigenvalue weighted by molar-refractivity contribution is -0.119. The van der Waals surface area contributed by atoms with Crippen molar-refractivity contribution >= 4 is 17.7 Å². The maximum absolute atomic E-state index is 12.5. The van der Waals surface area contributed by atoms with Crippen LogP contribution in [0.2, 0.25) is 0 Å². The Morgan fingerprint density at radius 2 is 1.97 bits per heavy atom. The molecule has 3 aromatic rings. The van der Waals surface area contributed by atoms with Gasteiger partial charge in [0, 0.05) is 6.54 Å². The fourth-order valence-corrected chi connectivity index (χ4v) is 3.80. The average molecular weight is 413 g/mol. The summed E-state index contributed by atoms with van der Waals surface area (Å²) in [6.45, 7) is 11.2. The second-order valence-electron chi connectivity index (χ2n) is 7.71. The number of amides is 1. The van der Waals surface area contributed by atoms with E-state index in [-0.39, 0.29) is 17.7 Å². The lowest BCUT2D eigenvalue weighted by Crippen LogP contribution is -2.28. The van der Waals surface area contributed by atoms with E-state index in [1.807, 2.05) is 23.6 Å². The number of carbonyl (C=O) groups excluding carboxylic acids is 1. The first kappa shape index (κ1) is 21.2. The van der Waals surface area contributed by atoms with Crippen molar-refractivity contribution in [1.29, 1.82) is 0 Å². The number of thioether (sulfide) groups is 1. The molecule has 6 nitrogen and oxygen atoms in total. The fourth-order valence-electron chi connectivity index (χ4n) is 3.04. The van der Waals surface area contributed by atoms with Gasteiger partial charge in [0.05, 0.1) is 18.1 Å². The third-order valence-corrected chi connectivity index (χ3v) is 5.71. The quantitative estimate of drug-likeness (QED) is 0.539. The second kappa shape index (κ2) is 9.31. The number of nitrogens with one attached hydrogen (secondary N) is 1. The largest absolute Gasteiger partial charge is 0.461 e. The Morgan fingerprint density at radius 3 is 2.62 bits per heavy atom. The van der Waals surface area contributed by atoms with Gasteiger partial charge in [-0.2, -0.15) is 0 Å². The van der Waals surface area contributed by atoms with Gasteiger partial charge in [-0.25, -0.2) is 0 Å². The lowest BCUT2D eigenvalue weighted by atomic mass is 10.0. The van der Waals surface area contributed by atoms with E-state index >= 15 is 0 Å². The van der Waals surface area contributed by atoms with Gasteiger partial charge >= 0.3 is 0 Å². The van der Waals surface area contributed by atoms with Gasteiger partial charge in [0.25, 0.3) is 0 Å². The van der Waals surface area contributed by atoms with Crippen LogP contribution in [-0.2, 0) is 11.3 Å². The molecule has 0 spiro atoms. The molecule has 154 valence electrons. The van der Waals surface area contributed by atoms with E-state index in [9.17, 15) is 4.79 Å². The summed E-state index contributed by atoms with van der Waals surface area (Å²) in [5.41, 5.74) is 3.58. The highest BCUT2D eigenvalue weighted by Crippen LogP contribution is 2.25. The van der Waals surface area contributed by atoms with Crippen LogP contribution in [0.5, 0.6) is 0 Å². The molecule has 0 aliphatic heterocycles. The van der Waals surface area contributed by atoms with Crippen LogP contribution in [0.3, 0.4) is 0 Å².